The predicted molar refractivity (Wildman–Crippen MR) is 64.1 cm³/mol. The molecule has 2 rings (SSSR count). The van der Waals surface area contributed by atoms with E-state index in [4.69, 9.17) is 10.4 Å². The highest BCUT2D eigenvalue weighted by Gasteiger charge is 2.26. The van der Waals surface area contributed by atoms with Crippen molar-refractivity contribution < 1.29 is 9.90 Å². The molecule has 0 spiro atoms. The predicted octanol–water partition coefficient (Wildman–Crippen LogP) is 0.958. The van der Waals surface area contributed by atoms with Crippen molar-refractivity contribution in [2.75, 3.05) is 18.0 Å². The lowest BCUT2D eigenvalue weighted by atomic mass is 10.3. The molecule has 0 saturated heterocycles. The molecule has 1 aliphatic carbocycles. The van der Waals surface area contributed by atoms with Gasteiger partial charge in [0.05, 0.1) is 0 Å². The summed E-state index contributed by atoms with van der Waals surface area (Å²) in [5.41, 5.74) is 0.937. The van der Waals surface area contributed by atoms with Gasteiger partial charge in [-0.3, -0.25) is 4.79 Å². The first-order chi connectivity index (χ1) is 8.58. The zero-order valence-corrected chi connectivity index (χ0v) is 10.1. The highest BCUT2D eigenvalue weighted by Crippen LogP contribution is 2.30. The number of aliphatic carboxylic acids is 1. The van der Waals surface area contributed by atoms with Crippen molar-refractivity contribution in [2.45, 2.75) is 19.8 Å². The van der Waals surface area contributed by atoms with Gasteiger partial charge in [0.1, 0.15) is 18.3 Å². The Hall–Kier alpha value is -2.16. The van der Waals surface area contributed by atoms with Crippen LogP contribution in [0.4, 0.5) is 5.95 Å². The molecule has 94 valence electrons. The van der Waals surface area contributed by atoms with Gasteiger partial charge in [0, 0.05) is 12.2 Å². The Kier molecular flexibility index (Phi) is 3.42. The Bertz CT molecular complexity index is 505. The van der Waals surface area contributed by atoms with E-state index in [-0.39, 0.29) is 12.2 Å². The molecule has 1 fully saturated rings. The fourth-order valence-electron chi connectivity index (χ4n) is 1.74. The van der Waals surface area contributed by atoms with E-state index in [0.717, 1.165) is 12.8 Å². The molecule has 1 aromatic rings. The number of rotatable bonds is 5. The second kappa shape index (κ2) is 5.00. The second-order valence-electron chi connectivity index (χ2n) is 4.52. The molecule has 0 bridgehead atoms. The maximum absolute atomic E-state index is 10.9. The second-order valence-corrected chi connectivity index (χ2v) is 4.52. The molecular weight excluding hydrogens is 232 g/mol. The first-order valence-corrected chi connectivity index (χ1v) is 5.81. The maximum atomic E-state index is 10.9. The van der Waals surface area contributed by atoms with E-state index in [1.54, 1.807) is 17.9 Å². The van der Waals surface area contributed by atoms with Gasteiger partial charge < -0.3 is 10.0 Å². The summed E-state index contributed by atoms with van der Waals surface area (Å²) in [5.74, 6) is -0.0564. The number of anilines is 1. The van der Waals surface area contributed by atoms with Crippen LogP contribution in [-0.4, -0.2) is 34.1 Å². The molecule has 6 heteroatoms. The smallest absolute Gasteiger partial charge is 0.323 e. The minimum Gasteiger partial charge on any atom is -0.480 e. The van der Waals surface area contributed by atoms with Crippen LogP contribution < -0.4 is 4.90 Å². The largest absolute Gasteiger partial charge is 0.480 e. The molecular formula is C12H14N4O2. The highest BCUT2D eigenvalue weighted by atomic mass is 16.4. The van der Waals surface area contributed by atoms with Gasteiger partial charge in [-0.05, 0) is 31.7 Å². The number of hydrogen-bond donors (Lipinski definition) is 1. The lowest BCUT2D eigenvalue weighted by Crippen LogP contribution is -2.33. The zero-order chi connectivity index (χ0) is 13.1. The van der Waals surface area contributed by atoms with Crippen LogP contribution in [0.3, 0.4) is 0 Å². The van der Waals surface area contributed by atoms with E-state index in [1.165, 1.54) is 0 Å². The minimum absolute atomic E-state index is 0.134. The standard InChI is InChI=1S/C12H14N4O2/c1-8-4-10(5-13)15-12(14-8)16(7-11(17)18)6-9-2-3-9/h4,9H,2-3,6-7H2,1H3,(H,17,18). The number of aryl methyl sites for hydroxylation is 1. The molecule has 0 aliphatic heterocycles. The van der Waals surface area contributed by atoms with E-state index in [9.17, 15) is 4.79 Å². The molecule has 1 aliphatic rings. The Balaban J connectivity index is 2.25. The van der Waals surface area contributed by atoms with Gasteiger partial charge in [-0.2, -0.15) is 5.26 Å². The molecule has 0 radical (unpaired) electrons. The lowest BCUT2D eigenvalue weighted by Gasteiger charge is -2.20. The lowest BCUT2D eigenvalue weighted by molar-refractivity contribution is -0.135. The highest BCUT2D eigenvalue weighted by molar-refractivity contribution is 5.72. The van der Waals surface area contributed by atoms with Crippen LogP contribution in [0.2, 0.25) is 0 Å². The van der Waals surface area contributed by atoms with E-state index in [2.05, 4.69) is 9.97 Å². The van der Waals surface area contributed by atoms with Gasteiger partial charge >= 0.3 is 5.97 Å². The summed E-state index contributed by atoms with van der Waals surface area (Å²) >= 11 is 0. The third-order valence-corrected chi connectivity index (χ3v) is 2.74. The Morgan fingerprint density at radius 1 is 1.61 bits per heavy atom. The van der Waals surface area contributed by atoms with Crippen molar-refractivity contribution in [3.8, 4) is 6.07 Å². The fraction of sp³-hybridized carbons (Fsp3) is 0.500. The molecule has 0 amide bonds. The molecule has 1 saturated carbocycles. The van der Waals surface area contributed by atoms with Crippen LogP contribution in [-0.2, 0) is 4.79 Å². The van der Waals surface area contributed by atoms with Crippen molar-refractivity contribution in [1.29, 1.82) is 5.26 Å². The van der Waals surface area contributed by atoms with Crippen molar-refractivity contribution in [2.24, 2.45) is 5.92 Å². The number of carbonyl (C=O) groups is 1. The third-order valence-electron chi connectivity index (χ3n) is 2.74. The SMILES string of the molecule is Cc1cc(C#N)nc(N(CC(=O)O)CC2CC2)n1. The molecule has 1 aromatic heterocycles. The van der Waals surface area contributed by atoms with Gasteiger partial charge in [-0.25, -0.2) is 9.97 Å². The Morgan fingerprint density at radius 2 is 2.33 bits per heavy atom. The average Bonchev–Trinajstić information content (AvgIpc) is 3.10. The number of carboxylic acids is 1. The first kappa shape index (κ1) is 12.3. The number of nitrogens with zero attached hydrogens (tertiary/aromatic N) is 4. The molecule has 0 aromatic carbocycles. The summed E-state index contributed by atoms with van der Waals surface area (Å²) in [7, 11) is 0. The summed E-state index contributed by atoms with van der Waals surface area (Å²) in [6.07, 6.45) is 2.24. The molecule has 0 atom stereocenters. The topological polar surface area (TPSA) is 90.1 Å². The van der Waals surface area contributed by atoms with Crippen molar-refractivity contribution in [3.63, 3.8) is 0 Å². The van der Waals surface area contributed by atoms with Gasteiger partial charge in [0.25, 0.3) is 0 Å². The first-order valence-electron chi connectivity index (χ1n) is 5.81. The fourth-order valence-corrected chi connectivity index (χ4v) is 1.74. The molecule has 6 nitrogen and oxygen atoms in total. The van der Waals surface area contributed by atoms with Gasteiger partial charge in [-0.15, -0.1) is 0 Å². The molecule has 1 heterocycles. The number of carboxylic acid groups (broad SMARTS) is 1. The molecule has 18 heavy (non-hydrogen) atoms. The number of nitriles is 1. The van der Waals surface area contributed by atoms with Crippen molar-refractivity contribution >= 4 is 11.9 Å². The van der Waals surface area contributed by atoms with Crippen LogP contribution in [0.15, 0.2) is 6.07 Å². The summed E-state index contributed by atoms with van der Waals surface area (Å²) in [4.78, 5) is 20.8. The third kappa shape index (κ3) is 3.17. The average molecular weight is 246 g/mol. The minimum atomic E-state index is -0.917. The van der Waals surface area contributed by atoms with Crippen LogP contribution in [0, 0.1) is 24.2 Å². The van der Waals surface area contributed by atoms with Gasteiger partial charge in [0.15, 0.2) is 0 Å². The van der Waals surface area contributed by atoms with Crippen LogP contribution in [0.25, 0.3) is 0 Å². The number of hydrogen-bond acceptors (Lipinski definition) is 5. The van der Waals surface area contributed by atoms with E-state index in [0.29, 0.717) is 24.1 Å². The van der Waals surface area contributed by atoms with Crippen LogP contribution >= 0.6 is 0 Å². The Labute approximate surface area is 105 Å². The van der Waals surface area contributed by atoms with E-state index < -0.39 is 5.97 Å². The Morgan fingerprint density at radius 3 is 2.89 bits per heavy atom. The monoisotopic (exact) mass is 246 g/mol. The van der Waals surface area contributed by atoms with Crippen molar-refractivity contribution in [3.05, 3.63) is 17.5 Å². The van der Waals surface area contributed by atoms with E-state index in [1.807, 2.05) is 6.07 Å². The van der Waals surface area contributed by atoms with Crippen LogP contribution in [0.5, 0.6) is 0 Å². The normalized spacial score (nSPS) is 14.0. The van der Waals surface area contributed by atoms with Crippen molar-refractivity contribution in [1.82, 2.24) is 9.97 Å². The van der Waals surface area contributed by atoms with Crippen LogP contribution in [0.1, 0.15) is 24.2 Å². The maximum Gasteiger partial charge on any atom is 0.323 e. The summed E-state index contributed by atoms with van der Waals surface area (Å²) < 4.78 is 0. The zero-order valence-electron chi connectivity index (χ0n) is 10.1. The van der Waals surface area contributed by atoms with Gasteiger partial charge in [-0.1, -0.05) is 0 Å². The quantitative estimate of drug-likeness (QED) is 0.832. The van der Waals surface area contributed by atoms with E-state index >= 15 is 0 Å². The van der Waals surface area contributed by atoms with Gasteiger partial charge in [0.2, 0.25) is 5.95 Å². The molecule has 0 unspecified atom stereocenters. The summed E-state index contributed by atoms with van der Waals surface area (Å²) in [6.45, 7) is 2.27. The summed E-state index contributed by atoms with van der Waals surface area (Å²) in [5, 5.41) is 17.8. The number of aromatic nitrogens is 2. The summed E-state index contributed by atoms with van der Waals surface area (Å²) in [6, 6.07) is 3.54. The molecule has 1 N–H and O–H groups in total.